The Kier molecular flexibility index (Phi) is 8.68. The maximum absolute atomic E-state index is 12.3. The van der Waals surface area contributed by atoms with E-state index in [0.29, 0.717) is 31.1 Å². The predicted molar refractivity (Wildman–Crippen MR) is 123 cm³/mol. The summed E-state index contributed by atoms with van der Waals surface area (Å²) in [6, 6.07) is 22.5. The molecule has 0 saturated carbocycles. The molecule has 0 unspecified atom stereocenters. The van der Waals surface area contributed by atoms with Crippen LogP contribution in [0.3, 0.4) is 0 Å². The average molecular weight is 448 g/mol. The van der Waals surface area contributed by atoms with Gasteiger partial charge in [0.25, 0.3) is 0 Å². The average Bonchev–Trinajstić information content (AvgIpc) is 2.70. The fourth-order valence-corrected chi connectivity index (χ4v) is 3.68. The topological polar surface area (TPSA) is 93.5 Å². The van der Waals surface area contributed by atoms with Crippen molar-refractivity contribution in [1.82, 2.24) is 5.32 Å². The van der Waals surface area contributed by atoms with Gasteiger partial charge in [-0.05, 0) is 42.3 Å². The highest BCUT2D eigenvalue weighted by Crippen LogP contribution is 2.37. The minimum absolute atomic E-state index is 0. The van der Waals surface area contributed by atoms with Gasteiger partial charge >= 0.3 is 0 Å². The number of nitrogens with one attached hydrogen (secondary N) is 2. The fraction of sp³-hybridized carbons (Fsp3) is 0.182. The number of halogens is 1. The second-order valence-electron chi connectivity index (χ2n) is 6.55. The third kappa shape index (κ3) is 6.47. The summed E-state index contributed by atoms with van der Waals surface area (Å²) >= 11 is 0. The van der Waals surface area contributed by atoms with Gasteiger partial charge in [0.2, 0.25) is 10.0 Å². The number of para-hydroxylation sites is 1. The third-order valence-corrected chi connectivity index (χ3v) is 5.17. The van der Waals surface area contributed by atoms with E-state index in [1.54, 1.807) is 18.2 Å². The van der Waals surface area contributed by atoms with E-state index in [0.717, 1.165) is 11.1 Å². The molecule has 160 valence electrons. The first-order chi connectivity index (χ1) is 14.0. The second kappa shape index (κ2) is 11.0. The Labute approximate surface area is 183 Å². The van der Waals surface area contributed by atoms with Crippen molar-refractivity contribution in [2.45, 2.75) is 24.9 Å². The molecule has 0 spiro atoms. The van der Waals surface area contributed by atoms with Crippen LogP contribution in [0.2, 0.25) is 0 Å². The Hall–Kier alpha value is -2.58. The van der Waals surface area contributed by atoms with Gasteiger partial charge in [-0.2, -0.15) is 0 Å². The van der Waals surface area contributed by atoms with Crippen molar-refractivity contribution < 1.29 is 13.2 Å². The van der Waals surface area contributed by atoms with E-state index in [-0.39, 0.29) is 23.1 Å². The number of ether oxygens (including phenoxy) is 1. The number of primary sulfonamides is 1. The van der Waals surface area contributed by atoms with E-state index in [2.05, 4.69) is 10.6 Å². The zero-order chi connectivity index (χ0) is 20.7. The second-order valence-corrected chi connectivity index (χ2v) is 8.08. The quantitative estimate of drug-likeness (QED) is 0.455. The van der Waals surface area contributed by atoms with Crippen molar-refractivity contribution in [3.05, 3.63) is 83.9 Å². The lowest BCUT2D eigenvalue weighted by Crippen LogP contribution is -2.17. The normalized spacial score (nSPS) is 10.9. The standard InChI is InChI=1S/C22H25N3O3S.ClH/c1-2-25-20-13-18(16-24-15-17-9-5-3-6-10-17)14-21(29(23,26)27)22(20)28-19-11-7-4-8-12-19;/h3-14,24-25H,2,15-16H2,1H3,(H2,23,26,27);1H. The number of anilines is 1. The summed E-state index contributed by atoms with van der Waals surface area (Å²) in [5.74, 6) is 0.735. The van der Waals surface area contributed by atoms with Gasteiger partial charge in [0.05, 0.1) is 5.69 Å². The van der Waals surface area contributed by atoms with Crippen LogP contribution in [0.1, 0.15) is 18.1 Å². The first kappa shape index (κ1) is 23.7. The zero-order valence-corrected chi connectivity index (χ0v) is 18.3. The number of rotatable bonds is 9. The maximum atomic E-state index is 12.3. The molecule has 8 heteroatoms. The highest BCUT2D eigenvalue weighted by atomic mass is 35.5. The molecular formula is C22H26ClN3O3S. The highest BCUT2D eigenvalue weighted by molar-refractivity contribution is 7.89. The summed E-state index contributed by atoms with van der Waals surface area (Å²) in [5.41, 5.74) is 2.52. The molecule has 0 atom stereocenters. The molecule has 0 amide bonds. The van der Waals surface area contributed by atoms with Gasteiger partial charge in [0.1, 0.15) is 10.6 Å². The van der Waals surface area contributed by atoms with Crippen LogP contribution in [0.5, 0.6) is 11.5 Å². The molecule has 0 heterocycles. The van der Waals surface area contributed by atoms with E-state index in [1.807, 2.05) is 61.5 Å². The maximum Gasteiger partial charge on any atom is 0.241 e. The minimum Gasteiger partial charge on any atom is -0.454 e. The summed E-state index contributed by atoms with van der Waals surface area (Å²) in [4.78, 5) is -0.0451. The zero-order valence-electron chi connectivity index (χ0n) is 16.7. The van der Waals surface area contributed by atoms with E-state index < -0.39 is 10.0 Å². The van der Waals surface area contributed by atoms with Gasteiger partial charge < -0.3 is 15.4 Å². The van der Waals surface area contributed by atoms with Gasteiger partial charge in [0, 0.05) is 19.6 Å². The molecule has 0 bridgehead atoms. The number of sulfonamides is 1. The van der Waals surface area contributed by atoms with E-state index in [9.17, 15) is 8.42 Å². The van der Waals surface area contributed by atoms with Crippen LogP contribution in [0.15, 0.2) is 77.7 Å². The molecule has 6 nitrogen and oxygen atoms in total. The van der Waals surface area contributed by atoms with Crippen molar-refractivity contribution >= 4 is 28.1 Å². The molecule has 0 aliphatic heterocycles. The highest BCUT2D eigenvalue weighted by Gasteiger charge is 2.21. The van der Waals surface area contributed by atoms with Gasteiger partial charge in [-0.15, -0.1) is 12.4 Å². The smallest absolute Gasteiger partial charge is 0.241 e. The monoisotopic (exact) mass is 447 g/mol. The molecule has 30 heavy (non-hydrogen) atoms. The molecule has 0 aliphatic rings. The Morgan fingerprint density at radius 2 is 1.50 bits per heavy atom. The van der Waals surface area contributed by atoms with Gasteiger partial charge in [-0.25, -0.2) is 13.6 Å². The lowest BCUT2D eigenvalue weighted by Gasteiger charge is -2.18. The Bertz CT molecular complexity index is 1050. The van der Waals surface area contributed by atoms with Gasteiger partial charge in [-0.3, -0.25) is 0 Å². The first-order valence-electron chi connectivity index (χ1n) is 9.38. The molecule has 3 aromatic rings. The third-order valence-electron chi connectivity index (χ3n) is 4.25. The molecule has 0 aromatic heterocycles. The van der Waals surface area contributed by atoms with Crippen molar-refractivity contribution in [2.24, 2.45) is 5.14 Å². The first-order valence-corrected chi connectivity index (χ1v) is 10.9. The molecule has 3 aromatic carbocycles. The van der Waals surface area contributed by atoms with E-state index in [1.165, 1.54) is 0 Å². The van der Waals surface area contributed by atoms with Gasteiger partial charge in [0.15, 0.2) is 5.75 Å². The predicted octanol–water partition coefficient (Wildman–Crippen LogP) is 4.27. The van der Waals surface area contributed by atoms with Crippen molar-refractivity contribution in [1.29, 1.82) is 0 Å². The number of hydrogen-bond acceptors (Lipinski definition) is 5. The van der Waals surface area contributed by atoms with E-state index >= 15 is 0 Å². The lowest BCUT2D eigenvalue weighted by atomic mass is 10.1. The molecule has 0 saturated heterocycles. The molecule has 0 radical (unpaired) electrons. The van der Waals surface area contributed by atoms with E-state index in [4.69, 9.17) is 9.88 Å². The fourth-order valence-electron chi connectivity index (χ4n) is 2.95. The molecule has 0 aliphatic carbocycles. The number of nitrogens with two attached hydrogens (primary N) is 1. The van der Waals surface area contributed by atoms with Crippen molar-refractivity contribution in [2.75, 3.05) is 11.9 Å². The Morgan fingerprint density at radius 1 is 0.900 bits per heavy atom. The van der Waals surface area contributed by atoms with Crippen LogP contribution in [0.25, 0.3) is 0 Å². The van der Waals surface area contributed by atoms with Crippen LogP contribution in [0.4, 0.5) is 5.69 Å². The largest absolute Gasteiger partial charge is 0.454 e. The summed E-state index contributed by atoms with van der Waals surface area (Å²) in [6.07, 6.45) is 0. The van der Waals surface area contributed by atoms with Crippen LogP contribution in [-0.4, -0.2) is 15.0 Å². The Morgan fingerprint density at radius 3 is 2.10 bits per heavy atom. The van der Waals surface area contributed by atoms with Crippen LogP contribution in [-0.2, 0) is 23.1 Å². The molecule has 0 fully saturated rings. The minimum atomic E-state index is -3.99. The number of benzene rings is 3. The summed E-state index contributed by atoms with van der Waals surface area (Å²) in [6.45, 7) is 3.70. The summed E-state index contributed by atoms with van der Waals surface area (Å²) in [7, 11) is -3.99. The van der Waals surface area contributed by atoms with Crippen molar-refractivity contribution in [3.8, 4) is 11.5 Å². The summed E-state index contributed by atoms with van der Waals surface area (Å²) < 4.78 is 30.5. The molecular weight excluding hydrogens is 422 g/mol. The Balaban J connectivity index is 0.00000320. The van der Waals surface area contributed by atoms with Gasteiger partial charge in [-0.1, -0.05) is 48.5 Å². The lowest BCUT2D eigenvalue weighted by molar-refractivity contribution is 0.469. The van der Waals surface area contributed by atoms with Crippen LogP contribution < -0.4 is 20.5 Å². The van der Waals surface area contributed by atoms with Crippen molar-refractivity contribution in [3.63, 3.8) is 0 Å². The van der Waals surface area contributed by atoms with Crippen LogP contribution >= 0.6 is 12.4 Å². The molecule has 3 rings (SSSR count). The number of hydrogen-bond donors (Lipinski definition) is 3. The SMILES string of the molecule is CCNc1cc(CNCc2ccccc2)cc(S(N)(=O)=O)c1Oc1ccccc1.Cl. The summed E-state index contributed by atoms with van der Waals surface area (Å²) in [5, 5.41) is 12.0. The molecule has 4 N–H and O–H groups in total. The van der Waals surface area contributed by atoms with Crippen LogP contribution in [0, 0.1) is 0 Å².